The van der Waals surface area contributed by atoms with Gasteiger partial charge < -0.3 is 9.64 Å². The van der Waals surface area contributed by atoms with Crippen molar-refractivity contribution in [2.24, 2.45) is 5.92 Å². The molecular weight excluding hydrogens is 238 g/mol. The van der Waals surface area contributed by atoms with Gasteiger partial charge in [-0.1, -0.05) is 44.2 Å². The van der Waals surface area contributed by atoms with Crippen LogP contribution in [0.3, 0.4) is 0 Å². The predicted octanol–water partition coefficient (Wildman–Crippen LogP) is 2.83. The highest BCUT2D eigenvalue weighted by atomic mass is 16.5. The van der Waals surface area contributed by atoms with Crippen molar-refractivity contribution in [2.45, 2.75) is 13.8 Å². The number of hydrogen-bond acceptors (Lipinski definition) is 2. The minimum absolute atomic E-state index is 0.0367. The van der Waals surface area contributed by atoms with Crippen molar-refractivity contribution < 1.29 is 9.53 Å². The minimum atomic E-state index is 0.0367. The third kappa shape index (κ3) is 6.20. The number of carbonyl (C=O) groups is 1. The van der Waals surface area contributed by atoms with Crippen LogP contribution < -0.4 is 0 Å². The first-order valence-corrected chi connectivity index (χ1v) is 6.64. The van der Waals surface area contributed by atoms with Gasteiger partial charge in [-0.05, 0) is 17.6 Å². The third-order valence-corrected chi connectivity index (χ3v) is 2.68. The fraction of sp³-hybridized carbons (Fsp3) is 0.438. The van der Waals surface area contributed by atoms with E-state index in [9.17, 15) is 4.79 Å². The van der Waals surface area contributed by atoms with Crippen molar-refractivity contribution in [3.05, 3.63) is 42.0 Å². The van der Waals surface area contributed by atoms with Crippen LogP contribution in [-0.2, 0) is 9.53 Å². The van der Waals surface area contributed by atoms with Crippen LogP contribution in [0.15, 0.2) is 36.4 Å². The summed E-state index contributed by atoms with van der Waals surface area (Å²) in [6.07, 6.45) is 3.48. The number of ether oxygens (including phenoxy) is 1. The molecule has 0 spiro atoms. The smallest absolute Gasteiger partial charge is 0.246 e. The van der Waals surface area contributed by atoms with Crippen LogP contribution in [0.1, 0.15) is 19.4 Å². The maximum atomic E-state index is 12.1. The number of amides is 1. The summed E-state index contributed by atoms with van der Waals surface area (Å²) in [5.41, 5.74) is 1.03. The molecular formula is C16H23NO2. The topological polar surface area (TPSA) is 29.5 Å². The van der Waals surface area contributed by atoms with E-state index >= 15 is 0 Å². The number of hydrogen-bond donors (Lipinski definition) is 0. The molecule has 0 aliphatic heterocycles. The molecule has 0 fully saturated rings. The first-order valence-electron chi connectivity index (χ1n) is 6.64. The second kappa shape index (κ2) is 8.48. The fourth-order valence-corrected chi connectivity index (χ4v) is 1.77. The summed E-state index contributed by atoms with van der Waals surface area (Å²) in [7, 11) is 1.65. The summed E-state index contributed by atoms with van der Waals surface area (Å²) in [5, 5.41) is 0. The van der Waals surface area contributed by atoms with Crippen LogP contribution in [0.25, 0.3) is 6.08 Å². The van der Waals surface area contributed by atoms with E-state index in [0.29, 0.717) is 19.1 Å². The molecule has 19 heavy (non-hydrogen) atoms. The van der Waals surface area contributed by atoms with E-state index in [1.807, 2.05) is 41.3 Å². The summed E-state index contributed by atoms with van der Waals surface area (Å²) in [6.45, 7) is 6.16. The van der Waals surface area contributed by atoms with Gasteiger partial charge in [0, 0.05) is 26.3 Å². The SMILES string of the molecule is COCCN(CC(C)C)C(=O)/C=C/c1ccccc1. The molecule has 0 atom stereocenters. The highest BCUT2D eigenvalue weighted by molar-refractivity contribution is 5.91. The lowest BCUT2D eigenvalue weighted by molar-refractivity contribution is -0.127. The number of nitrogens with zero attached hydrogens (tertiary/aromatic N) is 1. The second-order valence-corrected chi connectivity index (χ2v) is 4.91. The molecule has 0 aromatic heterocycles. The van der Waals surface area contributed by atoms with Gasteiger partial charge in [-0.2, -0.15) is 0 Å². The quantitative estimate of drug-likeness (QED) is 0.706. The van der Waals surface area contributed by atoms with Gasteiger partial charge in [0.1, 0.15) is 0 Å². The average Bonchev–Trinajstić information content (AvgIpc) is 2.41. The van der Waals surface area contributed by atoms with Crippen LogP contribution >= 0.6 is 0 Å². The Hall–Kier alpha value is -1.61. The van der Waals surface area contributed by atoms with Gasteiger partial charge in [-0.25, -0.2) is 0 Å². The molecule has 1 aromatic rings. The number of rotatable bonds is 7. The van der Waals surface area contributed by atoms with E-state index in [1.54, 1.807) is 13.2 Å². The first kappa shape index (κ1) is 15.4. The molecule has 0 saturated carbocycles. The largest absolute Gasteiger partial charge is 0.383 e. The van der Waals surface area contributed by atoms with E-state index < -0.39 is 0 Å². The summed E-state index contributed by atoms with van der Waals surface area (Å²) in [5.74, 6) is 0.487. The zero-order valence-corrected chi connectivity index (χ0v) is 12.0. The normalized spacial score (nSPS) is 11.2. The molecule has 0 saturated heterocycles. The maximum Gasteiger partial charge on any atom is 0.246 e. The van der Waals surface area contributed by atoms with Gasteiger partial charge in [0.25, 0.3) is 0 Å². The molecule has 3 heteroatoms. The number of carbonyl (C=O) groups excluding carboxylic acids is 1. The standard InChI is InChI=1S/C16H23NO2/c1-14(2)13-17(11-12-19-3)16(18)10-9-15-7-5-4-6-8-15/h4-10,14H,11-13H2,1-3H3/b10-9+. The Morgan fingerprint density at radius 1 is 1.32 bits per heavy atom. The van der Waals surface area contributed by atoms with Gasteiger partial charge in [-0.3, -0.25) is 4.79 Å². The van der Waals surface area contributed by atoms with Gasteiger partial charge in [0.15, 0.2) is 0 Å². The van der Waals surface area contributed by atoms with Crippen molar-refractivity contribution in [1.82, 2.24) is 4.90 Å². The van der Waals surface area contributed by atoms with E-state index in [4.69, 9.17) is 4.74 Å². The van der Waals surface area contributed by atoms with E-state index in [2.05, 4.69) is 13.8 Å². The van der Waals surface area contributed by atoms with Crippen LogP contribution in [0.4, 0.5) is 0 Å². The zero-order chi connectivity index (χ0) is 14.1. The molecule has 3 nitrogen and oxygen atoms in total. The predicted molar refractivity (Wildman–Crippen MR) is 78.8 cm³/mol. The Balaban J connectivity index is 2.62. The van der Waals surface area contributed by atoms with E-state index in [0.717, 1.165) is 12.1 Å². The third-order valence-electron chi connectivity index (χ3n) is 2.68. The maximum absolute atomic E-state index is 12.1. The van der Waals surface area contributed by atoms with Crippen molar-refractivity contribution in [3.63, 3.8) is 0 Å². The van der Waals surface area contributed by atoms with Crippen LogP contribution in [0, 0.1) is 5.92 Å². The molecule has 0 N–H and O–H groups in total. The fourth-order valence-electron chi connectivity index (χ4n) is 1.77. The molecule has 104 valence electrons. The van der Waals surface area contributed by atoms with Gasteiger partial charge in [0.2, 0.25) is 5.91 Å². The van der Waals surface area contributed by atoms with Crippen molar-refractivity contribution in [2.75, 3.05) is 26.8 Å². The zero-order valence-electron chi connectivity index (χ0n) is 12.0. The second-order valence-electron chi connectivity index (χ2n) is 4.91. The molecule has 1 rings (SSSR count). The average molecular weight is 261 g/mol. The molecule has 1 aromatic carbocycles. The molecule has 0 radical (unpaired) electrons. The molecule has 0 heterocycles. The Bertz CT molecular complexity index is 398. The molecule has 0 aliphatic rings. The van der Waals surface area contributed by atoms with E-state index in [-0.39, 0.29) is 5.91 Å². The molecule has 0 aliphatic carbocycles. The van der Waals surface area contributed by atoms with E-state index in [1.165, 1.54) is 0 Å². The Morgan fingerprint density at radius 2 is 2.00 bits per heavy atom. The van der Waals surface area contributed by atoms with Gasteiger partial charge in [-0.15, -0.1) is 0 Å². The van der Waals surface area contributed by atoms with Crippen LogP contribution in [0.5, 0.6) is 0 Å². The van der Waals surface area contributed by atoms with Crippen molar-refractivity contribution in [1.29, 1.82) is 0 Å². The van der Waals surface area contributed by atoms with Crippen LogP contribution in [-0.4, -0.2) is 37.6 Å². The summed E-state index contributed by atoms with van der Waals surface area (Å²) in [6, 6.07) is 9.84. The Kier molecular flexibility index (Phi) is 6.90. The van der Waals surface area contributed by atoms with Crippen molar-refractivity contribution >= 4 is 12.0 Å². The summed E-state index contributed by atoms with van der Waals surface area (Å²) >= 11 is 0. The monoisotopic (exact) mass is 261 g/mol. The molecule has 0 unspecified atom stereocenters. The van der Waals surface area contributed by atoms with Gasteiger partial charge in [0.05, 0.1) is 6.61 Å². The number of methoxy groups -OCH3 is 1. The molecule has 0 bridgehead atoms. The lowest BCUT2D eigenvalue weighted by atomic mass is 10.2. The van der Waals surface area contributed by atoms with Gasteiger partial charge >= 0.3 is 0 Å². The first-order chi connectivity index (χ1) is 9.13. The van der Waals surface area contributed by atoms with Crippen LogP contribution in [0.2, 0.25) is 0 Å². The Morgan fingerprint density at radius 3 is 2.58 bits per heavy atom. The highest BCUT2D eigenvalue weighted by Gasteiger charge is 2.11. The summed E-state index contributed by atoms with van der Waals surface area (Å²) in [4.78, 5) is 14.0. The number of benzene rings is 1. The van der Waals surface area contributed by atoms with Crippen molar-refractivity contribution in [3.8, 4) is 0 Å². The summed E-state index contributed by atoms with van der Waals surface area (Å²) < 4.78 is 5.05. The Labute approximate surface area is 115 Å². The molecule has 1 amide bonds. The minimum Gasteiger partial charge on any atom is -0.383 e. The lowest BCUT2D eigenvalue weighted by Gasteiger charge is -2.22. The highest BCUT2D eigenvalue weighted by Crippen LogP contribution is 2.04. The lowest BCUT2D eigenvalue weighted by Crippen LogP contribution is -2.35.